The maximum atomic E-state index is 8.89. The highest BCUT2D eigenvalue weighted by atomic mass is 16.4. The number of nitrogens with two attached hydrogens (primary N) is 2. The van der Waals surface area contributed by atoms with Crippen LogP contribution in [0.25, 0.3) is 0 Å². The van der Waals surface area contributed by atoms with Crippen molar-refractivity contribution < 1.29 is 45.1 Å². The Hall–Kier alpha value is -2.40. The Morgan fingerprint density at radius 3 is 0.654 bits per heavy atom. The summed E-state index contributed by atoms with van der Waals surface area (Å²) in [7, 11) is 0. The fourth-order valence-corrected chi connectivity index (χ4v) is 0.118. The Balaban J connectivity index is -0.0000000147. The van der Waals surface area contributed by atoms with E-state index in [1.807, 2.05) is 0 Å². The summed E-state index contributed by atoms with van der Waals surface area (Å²) in [5, 5.41) is 35.6. The van der Waals surface area contributed by atoms with Crippen molar-refractivity contribution in [2.24, 2.45) is 11.5 Å². The summed E-state index contributed by atoms with van der Waals surface area (Å²) in [5.74, 6) is -4.33. The molecule has 0 rings (SSSR count). The molecular weight excluding hydrogens is 360 g/mol. The fourth-order valence-electron chi connectivity index (χ4n) is 0.118. The molecule has 168 valence electrons. The van der Waals surface area contributed by atoms with Gasteiger partial charge in [-0.2, -0.15) is 0 Å². The zero-order chi connectivity index (χ0) is 18.4. The van der Waals surface area contributed by atoms with Gasteiger partial charge in [0.05, 0.1) is 0 Å². The first-order valence-corrected chi connectivity index (χ1v) is 5.45. The molecule has 0 aliphatic heterocycles. The number of carboxylic acid groups (broad SMARTS) is 4. The third-order valence-electron chi connectivity index (χ3n) is 0.408. The van der Waals surface area contributed by atoms with Crippen LogP contribution in [0.3, 0.4) is 0 Å². The SMILES string of the molecule is CC(=O)[O-].CC(=O)[O-].CC(=O)[O-].CC(=O)[O-].NCCCN.O.[NH4+].[NH4+].[NH4+].[NH4+]. The maximum absolute atomic E-state index is 8.89. The molecule has 26 heavy (non-hydrogen) atoms. The lowest BCUT2D eigenvalue weighted by Gasteiger charge is -1.81. The van der Waals surface area contributed by atoms with Gasteiger partial charge in [-0.05, 0) is 47.2 Å². The number of carbonyl (C=O) groups is 4. The molecule has 0 spiro atoms. The van der Waals surface area contributed by atoms with E-state index < -0.39 is 23.9 Å². The lowest BCUT2D eigenvalue weighted by atomic mass is 10.4. The number of carboxylic acids is 4. The van der Waals surface area contributed by atoms with Crippen molar-refractivity contribution in [2.45, 2.75) is 34.1 Å². The highest BCUT2D eigenvalue weighted by Crippen LogP contribution is 1.58. The van der Waals surface area contributed by atoms with Crippen LogP contribution in [0.1, 0.15) is 34.1 Å². The van der Waals surface area contributed by atoms with Gasteiger partial charge in [0.15, 0.2) is 0 Å². The molecule has 0 radical (unpaired) electrons. The minimum absolute atomic E-state index is 0. The first-order valence-electron chi connectivity index (χ1n) is 5.45. The van der Waals surface area contributed by atoms with E-state index in [0.29, 0.717) is 0 Å². The van der Waals surface area contributed by atoms with Gasteiger partial charge in [0.2, 0.25) is 0 Å². The van der Waals surface area contributed by atoms with Crippen LogP contribution in [0.15, 0.2) is 0 Å². The number of carbonyl (C=O) groups excluding carboxylic acids is 4. The summed E-state index contributed by atoms with van der Waals surface area (Å²) < 4.78 is 0. The Bertz CT molecular complexity index is 215. The maximum Gasteiger partial charge on any atom is 0.0383 e. The Morgan fingerprint density at radius 2 is 0.654 bits per heavy atom. The number of rotatable bonds is 2. The highest BCUT2D eigenvalue weighted by molar-refractivity contribution is 5.61. The summed E-state index contributed by atoms with van der Waals surface area (Å²) in [6, 6.07) is 0. The van der Waals surface area contributed by atoms with E-state index in [1.165, 1.54) is 0 Å². The second kappa shape index (κ2) is 66.4. The van der Waals surface area contributed by atoms with Crippen molar-refractivity contribution in [1.29, 1.82) is 0 Å². The van der Waals surface area contributed by atoms with Crippen LogP contribution in [0.2, 0.25) is 0 Å². The molecule has 0 aliphatic rings. The quantitative estimate of drug-likeness (QED) is 0.256. The Morgan fingerprint density at radius 1 is 0.577 bits per heavy atom. The van der Waals surface area contributed by atoms with Crippen molar-refractivity contribution >= 4 is 23.9 Å². The van der Waals surface area contributed by atoms with Crippen molar-refractivity contribution in [1.82, 2.24) is 24.6 Å². The third-order valence-corrected chi connectivity index (χ3v) is 0.408. The molecular formula is C11H40N6O9. The van der Waals surface area contributed by atoms with Gasteiger partial charge in [-0.15, -0.1) is 0 Å². The minimum atomic E-state index is -1.08. The smallest absolute Gasteiger partial charge is 0.0383 e. The molecule has 0 aromatic rings. The standard InChI is InChI=1S/C3H10N2.4C2H4O2.4H3N.H2O/c4-2-1-3-5;4*1-2(3)4;;;;;/h1-5H2;4*1H3,(H,3,4);4*1H3;1H2. The first kappa shape index (κ1) is 65.2. The predicted molar refractivity (Wildman–Crippen MR) is 93.0 cm³/mol. The summed E-state index contributed by atoms with van der Waals surface area (Å²) in [4.78, 5) is 35.6. The van der Waals surface area contributed by atoms with Gasteiger partial charge < -0.3 is 81.1 Å². The average Bonchev–Trinajstić information content (AvgIpc) is 2.14. The molecule has 15 nitrogen and oxygen atoms in total. The van der Waals surface area contributed by atoms with Gasteiger partial charge in [0.25, 0.3) is 0 Å². The van der Waals surface area contributed by atoms with Crippen LogP contribution in [0.4, 0.5) is 0 Å². The van der Waals surface area contributed by atoms with E-state index >= 15 is 0 Å². The van der Waals surface area contributed by atoms with Crippen LogP contribution in [-0.4, -0.2) is 42.4 Å². The molecule has 0 bridgehead atoms. The van der Waals surface area contributed by atoms with Crippen LogP contribution in [0, 0.1) is 0 Å². The number of quaternary nitrogens is 4. The Labute approximate surface area is 153 Å². The van der Waals surface area contributed by atoms with Gasteiger partial charge in [0.1, 0.15) is 0 Å². The number of aliphatic carboxylic acids is 4. The lowest BCUT2D eigenvalue weighted by Crippen LogP contribution is -2.16. The van der Waals surface area contributed by atoms with Crippen LogP contribution in [-0.2, 0) is 19.2 Å². The van der Waals surface area contributed by atoms with E-state index in [9.17, 15) is 0 Å². The number of hydrogen-bond donors (Lipinski definition) is 6. The summed E-state index contributed by atoms with van der Waals surface area (Å²) >= 11 is 0. The molecule has 0 aliphatic carbocycles. The number of hydrogen-bond acceptors (Lipinski definition) is 10. The highest BCUT2D eigenvalue weighted by Gasteiger charge is 1.67. The van der Waals surface area contributed by atoms with Crippen molar-refractivity contribution in [2.75, 3.05) is 13.1 Å². The van der Waals surface area contributed by atoms with E-state index in [2.05, 4.69) is 0 Å². The van der Waals surface area contributed by atoms with Gasteiger partial charge >= 0.3 is 0 Å². The molecule has 0 amide bonds. The zero-order valence-electron chi connectivity index (χ0n) is 17.0. The fraction of sp³-hybridized carbons (Fsp3) is 0.636. The summed E-state index contributed by atoms with van der Waals surface area (Å²) in [5.41, 5.74) is 10.1. The van der Waals surface area contributed by atoms with E-state index in [-0.39, 0.29) is 30.1 Å². The molecule has 0 atom stereocenters. The molecule has 0 aromatic heterocycles. The third kappa shape index (κ3) is 57300. The van der Waals surface area contributed by atoms with Crippen LogP contribution >= 0.6 is 0 Å². The van der Waals surface area contributed by atoms with Crippen LogP contribution < -0.4 is 56.5 Å². The second-order valence-electron chi connectivity index (χ2n) is 2.90. The minimum Gasteiger partial charge on any atom is -0.550 e. The monoisotopic (exact) mass is 400 g/mol. The molecule has 0 fully saturated rings. The van der Waals surface area contributed by atoms with E-state index in [0.717, 1.165) is 47.2 Å². The summed E-state index contributed by atoms with van der Waals surface area (Å²) in [6.45, 7) is 5.33. The second-order valence-corrected chi connectivity index (χ2v) is 2.90. The molecule has 0 unspecified atom stereocenters. The lowest BCUT2D eigenvalue weighted by molar-refractivity contribution is -0.303. The van der Waals surface area contributed by atoms with Gasteiger partial charge in [-0.25, -0.2) is 0 Å². The van der Waals surface area contributed by atoms with Gasteiger partial charge in [-0.3, -0.25) is 0 Å². The molecule has 15 heteroatoms. The summed E-state index contributed by atoms with van der Waals surface area (Å²) in [6.07, 6.45) is 0.944. The first-order chi connectivity index (χ1) is 9.34. The van der Waals surface area contributed by atoms with E-state index in [1.54, 1.807) is 0 Å². The van der Waals surface area contributed by atoms with Gasteiger partial charge in [-0.1, -0.05) is 0 Å². The van der Waals surface area contributed by atoms with Crippen molar-refractivity contribution in [3.8, 4) is 0 Å². The topological polar surface area (TPSA) is 390 Å². The van der Waals surface area contributed by atoms with E-state index in [4.69, 9.17) is 51.1 Å². The van der Waals surface area contributed by atoms with Crippen molar-refractivity contribution in [3.63, 3.8) is 0 Å². The molecule has 0 saturated heterocycles. The van der Waals surface area contributed by atoms with Crippen molar-refractivity contribution in [3.05, 3.63) is 0 Å². The average molecular weight is 400 g/mol. The van der Waals surface area contributed by atoms with Gasteiger partial charge in [0, 0.05) is 23.9 Å². The molecule has 0 heterocycles. The van der Waals surface area contributed by atoms with Crippen LogP contribution in [0.5, 0.6) is 0 Å². The molecule has 0 aromatic carbocycles. The Kier molecular flexibility index (Phi) is 166. The zero-order valence-corrected chi connectivity index (χ0v) is 17.0. The predicted octanol–water partition coefficient (Wildman–Crippen LogP) is -5.00. The largest absolute Gasteiger partial charge is 0.550 e. The molecule has 22 N–H and O–H groups in total. The molecule has 0 saturated carbocycles. The normalized spacial score (nSPS) is 5.46.